The van der Waals surface area contributed by atoms with E-state index in [1.807, 2.05) is 12.1 Å². The van der Waals surface area contributed by atoms with Gasteiger partial charge in [-0.05, 0) is 37.1 Å². The Bertz CT molecular complexity index is 730. The van der Waals surface area contributed by atoms with E-state index in [-0.39, 0.29) is 11.9 Å². The van der Waals surface area contributed by atoms with Crippen molar-refractivity contribution in [2.24, 2.45) is 0 Å². The number of para-hydroxylation sites is 2. The lowest BCUT2D eigenvalue weighted by atomic mass is 10.2. The summed E-state index contributed by atoms with van der Waals surface area (Å²) >= 11 is 0. The maximum atomic E-state index is 12.6. The molecule has 3 rings (SSSR count). The van der Waals surface area contributed by atoms with Gasteiger partial charge in [-0.3, -0.25) is 4.79 Å². The molecule has 0 saturated carbocycles. The highest BCUT2D eigenvalue weighted by Crippen LogP contribution is 2.25. The number of benzene rings is 1. The Morgan fingerprint density at radius 2 is 2.12 bits per heavy atom. The summed E-state index contributed by atoms with van der Waals surface area (Å²) in [6, 6.07) is 9.95. The van der Waals surface area contributed by atoms with Crippen molar-refractivity contribution in [3.05, 3.63) is 48.4 Å². The van der Waals surface area contributed by atoms with Gasteiger partial charge in [0.05, 0.1) is 25.6 Å². The highest BCUT2D eigenvalue weighted by atomic mass is 16.5. The van der Waals surface area contributed by atoms with Crippen LogP contribution in [0, 0.1) is 0 Å². The van der Waals surface area contributed by atoms with Crippen LogP contribution in [0.2, 0.25) is 0 Å². The molecule has 0 radical (unpaired) electrons. The molecule has 1 atom stereocenters. The van der Waals surface area contributed by atoms with E-state index < -0.39 is 6.04 Å². The standard InChI is InChI=1S/C18H21N3O4/c1-24-16-9-3-2-7-14(16)20-18(23)21-10-4-8-15(21)17(22)19-12-13-6-5-11-25-13/h2-3,5-7,9,11,15H,4,8,10,12H2,1H3,(H,19,22)(H,20,23). The Morgan fingerprint density at radius 3 is 2.88 bits per heavy atom. The zero-order chi connectivity index (χ0) is 17.6. The Labute approximate surface area is 145 Å². The lowest BCUT2D eigenvalue weighted by molar-refractivity contribution is -0.124. The average molecular weight is 343 g/mol. The Balaban J connectivity index is 1.62. The predicted molar refractivity (Wildman–Crippen MR) is 92.3 cm³/mol. The number of hydrogen-bond acceptors (Lipinski definition) is 4. The van der Waals surface area contributed by atoms with Crippen molar-refractivity contribution >= 4 is 17.6 Å². The molecule has 0 bridgehead atoms. The predicted octanol–water partition coefficient (Wildman–Crippen LogP) is 2.60. The number of furan rings is 1. The molecule has 2 aromatic rings. The largest absolute Gasteiger partial charge is 0.495 e. The molecule has 1 aliphatic rings. The smallest absolute Gasteiger partial charge is 0.322 e. The fourth-order valence-electron chi connectivity index (χ4n) is 2.92. The van der Waals surface area contributed by atoms with Gasteiger partial charge in [0, 0.05) is 6.54 Å². The number of urea groups is 1. The highest BCUT2D eigenvalue weighted by molar-refractivity contribution is 5.95. The monoisotopic (exact) mass is 343 g/mol. The number of hydrogen-bond donors (Lipinski definition) is 2. The van der Waals surface area contributed by atoms with Crippen LogP contribution in [-0.2, 0) is 11.3 Å². The van der Waals surface area contributed by atoms with Crippen LogP contribution < -0.4 is 15.4 Å². The molecule has 1 saturated heterocycles. The maximum absolute atomic E-state index is 12.6. The van der Waals surface area contributed by atoms with Crippen molar-refractivity contribution in [2.45, 2.75) is 25.4 Å². The van der Waals surface area contributed by atoms with Gasteiger partial charge in [-0.1, -0.05) is 12.1 Å². The topological polar surface area (TPSA) is 83.8 Å². The van der Waals surface area contributed by atoms with Crippen LogP contribution in [-0.4, -0.2) is 36.5 Å². The van der Waals surface area contributed by atoms with Gasteiger partial charge >= 0.3 is 6.03 Å². The summed E-state index contributed by atoms with van der Waals surface area (Å²) in [4.78, 5) is 26.6. The second-order valence-corrected chi connectivity index (χ2v) is 5.78. The molecule has 2 heterocycles. The van der Waals surface area contributed by atoms with Gasteiger partial charge in [0.25, 0.3) is 0 Å². The molecule has 132 valence electrons. The summed E-state index contributed by atoms with van der Waals surface area (Å²) in [6.45, 7) is 0.851. The highest BCUT2D eigenvalue weighted by Gasteiger charge is 2.34. The molecule has 1 aromatic carbocycles. The summed E-state index contributed by atoms with van der Waals surface area (Å²) in [7, 11) is 1.55. The van der Waals surface area contributed by atoms with Crippen LogP contribution in [0.25, 0.3) is 0 Å². The number of likely N-dealkylation sites (tertiary alicyclic amines) is 1. The minimum absolute atomic E-state index is 0.177. The van der Waals surface area contributed by atoms with Crippen LogP contribution in [0.15, 0.2) is 47.1 Å². The zero-order valence-electron chi connectivity index (χ0n) is 14.0. The van der Waals surface area contributed by atoms with Crippen molar-refractivity contribution in [1.29, 1.82) is 0 Å². The van der Waals surface area contributed by atoms with Gasteiger partial charge in [0.2, 0.25) is 5.91 Å². The molecule has 2 N–H and O–H groups in total. The molecule has 0 spiro atoms. The first kappa shape index (κ1) is 16.9. The van der Waals surface area contributed by atoms with Crippen molar-refractivity contribution in [2.75, 3.05) is 19.0 Å². The third kappa shape index (κ3) is 3.93. The van der Waals surface area contributed by atoms with Gasteiger partial charge in [-0.25, -0.2) is 4.79 Å². The number of carbonyl (C=O) groups is 2. The molecule has 1 aliphatic heterocycles. The van der Waals surface area contributed by atoms with E-state index in [0.29, 0.717) is 36.7 Å². The second kappa shape index (κ2) is 7.74. The van der Waals surface area contributed by atoms with Crippen molar-refractivity contribution in [3.8, 4) is 5.75 Å². The molecule has 1 aromatic heterocycles. The number of anilines is 1. The van der Waals surface area contributed by atoms with Crippen LogP contribution in [0.3, 0.4) is 0 Å². The normalized spacial score (nSPS) is 16.5. The van der Waals surface area contributed by atoms with E-state index in [0.717, 1.165) is 6.42 Å². The number of amides is 3. The van der Waals surface area contributed by atoms with Crippen LogP contribution >= 0.6 is 0 Å². The van der Waals surface area contributed by atoms with E-state index in [2.05, 4.69) is 10.6 Å². The summed E-state index contributed by atoms with van der Waals surface area (Å²) < 4.78 is 10.4. The number of rotatable bonds is 5. The van der Waals surface area contributed by atoms with E-state index >= 15 is 0 Å². The number of ether oxygens (including phenoxy) is 1. The SMILES string of the molecule is COc1ccccc1NC(=O)N1CCCC1C(=O)NCc1ccco1. The summed E-state index contributed by atoms with van der Waals surface area (Å²) in [6.07, 6.45) is 2.99. The fraction of sp³-hybridized carbons (Fsp3) is 0.333. The second-order valence-electron chi connectivity index (χ2n) is 5.78. The quantitative estimate of drug-likeness (QED) is 0.874. The van der Waals surface area contributed by atoms with Crippen molar-refractivity contribution in [3.63, 3.8) is 0 Å². The first-order chi connectivity index (χ1) is 12.2. The Morgan fingerprint density at radius 1 is 1.28 bits per heavy atom. The number of nitrogens with zero attached hydrogens (tertiary/aromatic N) is 1. The van der Waals surface area contributed by atoms with Crippen LogP contribution in [0.5, 0.6) is 5.75 Å². The van der Waals surface area contributed by atoms with Gasteiger partial charge in [0.1, 0.15) is 17.6 Å². The molecular formula is C18H21N3O4. The number of methoxy groups -OCH3 is 1. The van der Waals surface area contributed by atoms with Gasteiger partial charge < -0.3 is 24.7 Å². The lowest BCUT2D eigenvalue weighted by Gasteiger charge is -2.24. The number of nitrogens with one attached hydrogen (secondary N) is 2. The summed E-state index contributed by atoms with van der Waals surface area (Å²) in [5, 5.41) is 5.64. The first-order valence-corrected chi connectivity index (χ1v) is 8.20. The van der Waals surface area contributed by atoms with Gasteiger partial charge in [-0.2, -0.15) is 0 Å². The molecule has 0 aliphatic carbocycles. The minimum atomic E-state index is -0.482. The molecule has 25 heavy (non-hydrogen) atoms. The molecule has 7 heteroatoms. The Kier molecular flexibility index (Phi) is 5.23. The van der Waals surface area contributed by atoms with Crippen molar-refractivity contribution < 1.29 is 18.7 Å². The van der Waals surface area contributed by atoms with E-state index in [9.17, 15) is 9.59 Å². The van der Waals surface area contributed by atoms with Crippen LogP contribution in [0.1, 0.15) is 18.6 Å². The molecule has 3 amide bonds. The van der Waals surface area contributed by atoms with Crippen molar-refractivity contribution in [1.82, 2.24) is 10.2 Å². The maximum Gasteiger partial charge on any atom is 0.322 e. The molecule has 1 fully saturated rings. The lowest BCUT2D eigenvalue weighted by Crippen LogP contribution is -2.47. The van der Waals surface area contributed by atoms with E-state index in [1.54, 1.807) is 42.5 Å². The summed E-state index contributed by atoms with van der Waals surface area (Å²) in [5.41, 5.74) is 0.580. The zero-order valence-corrected chi connectivity index (χ0v) is 14.0. The van der Waals surface area contributed by atoms with E-state index in [1.165, 1.54) is 0 Å². The molecule has 1 unspecified atom stereocenters. The van der Waals surface area contributed by atoms with E-state index in [4.69, 9.17) is 9.15 Å². The number of carbonyl (C=O) groups excluding carboxylic acids is 2. The third-order valence-corrected chi connectivity index (χ3v) is 4.18. The molecule has 7 nitrogen and oxygen atoms in total. The fourth-order valence-corrected chi connectivity index (χ4v) is 2.92. The molecular weight excluding hydrogens is 322 g/mol. The third-order valence-electron chi connectivity index (χ3n) is 4.18. The average Bonchev–Trinajstić information content (AvgIpc) is 3.31. The summed E-state index contributed by atoms with van der Waals surface area (Å²) in [5.74, 6) is 1.08. The van der Waals surface area contributed by atoms with Crippen LogP contribution in [0.4, 0.5) is 10.5 Å². The minimum Gasteiger partial charge on any atom is -0.495 e. The Hall–Kier alpha value is -2.96. The van der Waals surface area contributed by atoms with Gasteiger partial charge in [0.15, 0.2) is 0 Å². The first-order valence-electron chi connectivity index (χ1n) is 8.20. The van der Waals surface area contributed by atoms with Gasteiger partial charge in [-0.15, -0.1) is 0 Å².